The van der Waals surface area contributed by atoms with E-state index in [1.165, 1.54) is 16.7 Å². The Morgan fingerprint density at radius 2 is 0.964 bits per heavy atom. The summed E-state index contributed by atoms with van der Waals surface area (Å²) in [5.41, 5.74) is 7.16. The summed E-state index contributed by atoms with van der Waals surface area (Å²) in [5.74, 6) is 0. The van der Waals surface area contributed by atoms with E-state index >= 15 is 0 Å². The highest BCUT2D eigenvalue weighted by Crippen LogP contribution is 2.34. The molecule has 0 saturated heterocycles. The summed E-state index contributed by atoms with van der Waals surface area (Å²) < 4.78 is 0. The van der Waals surface area contributed by atoms with E-state index in [1.54, 1.807) is 0 Å². The number of rotatable bonds is 5. The minimum absolute atomic E-state index is 1.15. The fourth-order valence-electron chi connectivity index (χ4n) is 3.36. The van der Waals surface area contributed by atoms with Gasteiger partial charge in [-0.1, -0.05) is 84.9 Å². The Morgan fingerprint density at radius 3 is 1.46 bits per heavy atom. The summed E-state index contributed by atoms with van der Waals surface area (Å²) in [5, 5.41) is 0. The van der Waals surface area contributed by atoms with Crippen LogP contribution in [-0.4, -0.2) is 0 Å². The van der Waals surface area contributed by atoms with Crippen molar-refractivity contribution in [2.75, 3.05) is 4.90 Å². The van der Waals surface area contributed by atoms with Gasteiger partial charge in [0.2, 0.25) is 0 Å². The van der Waals surface area contributed by atoms with Crippen molar-refractivity contribution in [2.24, 2.45) is 0 Å². The lowest BCUT2D eigenvalue weighted by atomic mass is 10.0. The van der Waals surface area contributed by atoms with Gasteiger partial charge in [-0.25, -0.2) is 0 Å². The highest BCUT2D eigenvalue weighted by Gasteiger charge is 2.11. The van der Waals surface area contributed by atoms with Crippen LogP contribution in [0, 0.1) is 0 Å². The van der Waals surface area contributed by atoms with Gasteiger partial charge in [0.1, 0.15) is 0 Å². The van der Waals surface area contributed by atoms with Crippen molar-refractivity contribution in [3.8, 4) is 0 Å². The first-order chi connectivity index (χ1) is 13.8. The van der Waals surface area contributed by atoms with Gasteiger partial charge < -0.3 is 4.90 Å². The van der Waals surface area contributed by atoms with Crippen molar-refractivity contribution in [1.82, 2.24) is 0 Å². The van der Waals surface area contributed by atoms with Crippen LogP contribution in [0.2, 0.25) is 0 Å². The van der Waals surface area contributed by atoms with Crippen molar-refractivity contribution in [2.45, 2.75) is 6.92 Å². The molecule has 136 valence electrons. The third-order valence-electron chi connectivity index (χ3n) is 4.79. The molecular weight excluding hydrogens is 338 g/mol. The number of hydrogen-bond acceptors (Lipinski definition) is 1. The summed E-state index contributed by atoms with van der Waals surface area (Å²) in [6.07, 6.45) is 2.23. The molecule has 0 aliphatic rings. The molecule has 0 radical (unpaired) electrons. The smallest absolute Gasteiger partial charge is 0.0462 e. The molecule has 0 amide bonds. The summed E-state index contributed by atoms with van der Waals surface area (Å²) in [6, 6.07) is 40.2. The summed E-state index contributed by atoms with van der Waals surface area (Å²) >= 11 is 0. The Labute approximate surface area is 167 Å². The van der Waals surface area contributed by atoms with Crippen LogP contribution in [0.25, 0.3) is 11.6 Å². The molecule has 4 rings (SSSR count). The van der Waals surface area contributed by atoms with Gasteiger partial charge in [0.15, 0.2) is 0 Å². The van der Waals surface area contributed by atoms with Gasteiger partial charge in [-0.2, -0.15) is 0 Å². The van der Waals surface area contributed by atoms with E-state index < -0.39 is 0 Å². The Balaban J connectivity index is 1.67. The fourth-order valence-corrected chi connectivity index (χ4v) is 3.36. The van der Waals surface area contributed by atoms with Gasteiger partial charge in [0.25, 0.3) is 0 Å². The summed E-state index contributed by atoms with van der Waals surface area (Å²) in [7, 11) is 0. The van der Waals surface area contributed by atoms with E-state index in [9.17, 15) is 0 Å². The Morgan fingerprint density at radius 1 is 0.536 bits per heavy atom. The molecule has 0 saturated carbocycles. The third-order valence-corrected chi connectivity index (χ3v) is 4.79. The van der Waals surface area contributed by atoms with Crippen LogP contribution >= 0.6 is 0 Å². The van der Waals surface area contributed by atoms with E-state index in [1.807, 2.05) is 18.2 Å². The largest absolute Gasteiger partial charge is 0.311 e. The SMILES string of the molecule is C/C(=C\c1ccc(N(c2ccccc2)c2ccccc2)cc1)c1ccccc1. The molecule has 0 aliphatic carbocycles. The molecular formula is C27H23N. The Kier molecular flexibility index (Phi) is 5.35. The monoisotopic (exact) mass is 361 g/mol. The third kappa shape index (κ3) is 4.05. The molecule has 1 heteroatoms. The van der Waals surface area contributed by atoms with Crippen LogP contribution in [0.4, 0.5) is 17.1 Å². The molecule has 1 nitrogen and oxygen atoms in total. The second-order valence-corrected chi connectivity index (χ2v) is 6.79. The molecule has 0 N–H and O–H groups in total. The lowest BCUT2D eigenvalue weighted by molar-refractivity contribution is 1.28. The molecule has 28 heavy (non-hydrogen) atoms. The first-order valence-electron chi connectivity index (χ1n) is 9.55. The zero-order valence-electron chi connectivity index (χ0n) is 16.0. The second-order valence-electron chi connectivity index (χ2n) is 6.79. The minimum Gasteiger partial charge on any atom is -0.311 e. The molecule has 0 heterocycles. The number of allylic oxidation sites excluding steroid dienone is 1. The normalized spacial score (nSPS) is 11.2. The zero-order chi connectivity index (χ0) is 19.2. The predicted octanol–water partition coefficient (Wildman–Crippen LogP) is 7.72. The highest BCUT2D eigenvalue weighted by atomic mass is 15.1. The number of para-hydroxylation sites is 2. The van der Waals surface area contributed by atoms with Gasteiger partial charge in [-0.3, -0.25) is 0 Å². The van der Waals surface area contributed by atoms with E-state index in [-0.39, 0.29) is 0 Å². The van der Waals surface area contributed by atoms with Crippen molar-refractivity contribution in [1.29, 1.82) is 0 Å². The maximum absolute atomic E-state index is 2.28. The van der Waals surface area contributed by atoms with Crippen molar-refractivity contribution < 1.29 is 0 Å². The zero-order valence-corrected chi connectivity index (χ0v) is 16.0. The average molecular weight is 361 g/mol. The van der Waals surface area contributed by atoms with Crippen molar-refractivity contribution in [3.05, 3.63) is 126 Å². The molecule has 0 atom stereocenters. The van der Waals surface area contributed by atoms with Crippen LogP contribution in [0.3, 0.4) is 0 Å². The predicted molar refractivity (Wildman–Crippen MR) is 121 cm³/mol. The molecule has 4 aromatic carbocycles. The molecule has 0 unspecified atom stereocenters. The van der Waals surface area contributed by atoms with Crippen LogP contribution in [0.1, 0.15) is 18.1 Å². The molecule has 0 bridgehead atoms. The van der Waals surface area contributed by atoms with Gasteiger partial charge in [0, 0.05) is 17.1 Å². The van der Waals surface area contributed by atoms with Crippen LogP contribution < -0.4 is 4.90 Å². The molecule has 0 spiro atoms. The van der Waals surface area contributed by atoms with Gasteiger partial charge in [-0.15, -0.1) is 0 Å². The highest BCUT2D eigenvalue weighted by molar-refractivity contribution is 5.82. The van der Waals surface area contributed by atoms with Gasteiger partial charge >= 0.3 is 0 Å². The Hall–Kier alpha value is -3.58. The van der Waals surface area contributed by atoms with Crippen LogP contribution in [-0.2, 0) is 0 Å². The van der Waals surface area contributed by atoms with Crippen molar-refractivity contribution >= 4 is 28.7 Å². The van der Waals surface area contributed by atoms with E-state index in [2.05, 4.69) is 115 Å². The molecule has 0 aliphatic heterocycles. The average Bonchev–Trinajstić information content (AvgIpc) is 2.77. The standard InChI is InChI=1S/C27H23N/c1-22(24-11-5-2-6-12-24)21-23-17-19-27(20-18-23)28(25-13-7-3-8-14-25)26-15-9-4-10-16-26/h2-21H,1H3/b22-21+. The number of anilines is 3. The van der Waals surface area contributed by atoms with Crippen LogP contribution in [0.5, 0.6) is 0 Å². The topological polar surface area (TPSA) is 3.24 Å². The fraction of sp³-hybridized carbons (Fsp3) is 0.0370. The minimum atomic E-state index is 1.15. The van der Waals surface area contributed by atoms with Gasteiger partial charge in [-0.05, 0) is 60.0 Å². The molecule has 0 aromatic heterocycles. The van der Waals surface area contributed by atoms with E-state index in [4.69, 9.17) is 0 Å². The first kappa shape index (κ1) is 17.8. The van der Waals surface area contributed by atoms with E-state index in [0.29, 0.717) is 0 Å². The maximum Gasteiger partial charge on any atom is 0.0462 e. The first-order valence-corrected chi connectivity index (χ1v) is 9.55. The second kappa shape index (κ2) is 8.41. The molecule has 4 aromatic rings. The number of nitrogens with zero attached hydrogens (tertiary/aromatic N) is 1. The summed E-state index contributed by atoms with van der Waals surface area (Å²) in [6.45, 7) is 2.16. The quantitative estimate of drug-likeness (QED) is 0.329. The van der Waals surface area contributed by atoms with Gasteiger partial charge in [0.05, 0.1) is 0 Å². The lowest BCUT2D eigenvalue weighted by Crippen LogP contribution is -2.09. The van der Waals surface area contributed by atoms with Crippen molar-refractivity contribution in [3.63, 3.8) is 0 Å². The van der Waals surface area contributed by atoms with E-state index in [0.717, 1.165) is 17.1 Å². The summed E-state index contributed by atoms with van der Waals surface area (Å²) in [4.78, 5) is 2.28. The molecule has 0 fully saturated rings. The Bertz CT molecular complexity index is 994. The maximum atomic E-state index is 2.28. The number of benzene rings is 4. The van der Waals surface area contributed by atoms with Crippen LogP contribution in [0.15, 0.2) is 115 Å². The number of hydrogen-bond donors (Lipinski definition) is 0. The lowest BCUT2D eigenvalue weighted by Gasteiger charge is -2.25.